The Morgan fingerprint density at radius 1 is 1.83 bits per heavy atom. The Hall–Kier alpha value is -0.800. The van der Waals surface area contributed by atoms with E-state index in [1.165, 1.54) is 0 Å². The lowest BCUT2D eigenvalue weighted by molar-refractivity contribution is 0.698. The van der Waals surface area contributed by atoms with Crippen LogP contribution in [-0.2, 0) is 13.6 Å². The monoisotopic (exact) mass is 185 g/mol. The second-order valence-electron chi connectivity index (χ2n) is 2.62. The highest BCUT2D eigenvalue weighted by molar-refractivity contribution is 6.29. The van der Waals surface area contributed by atoms with Crippen LogP contribution < -0.4 is 5.32 Å². The molecule has 1 aromatic heterocycles. The lowest BCUT2D eigenvalue weighted by atomic mass is 10.4. The summed E-state index contributed by atoms with van der Waals surface area (Å²) < 4.78 is 1.96. The Bertz CT molecular complexity index is 267. The maximum Gasteiger partial charge on any atom is 0.0945 e. The van der Waals surface area contributed by atoms with Gasteiger partial charge >= 0.3 is 0 Å². The van der Waals surface area contributed by atoms with Gasteiger partial charge < -0.3 is 9.88 Å². The van der Waals surface area contributed by atoms with Gasteiger partial charge in [0.1, 0.15) is 0 Å². The predicted molar refractivity (Wildman–Crippen MR) is 49.9 cm³/mol. The summed E-state index contributed by atoms with van der Waals surface area (Å²) in [5.74, 6) is 0. The maximum absolute atomic E-state index is 5.58. The first-order chi connectivity index (χ1) is 5.70. The summed E-state index contributed by atoms with van der Waals surface area (Å²) in [4.78, 5) is 3.99. The van der Waals surface area contributed by atoms with E-state index in [2.05, 4.69) is 16.9 Å². The molecule has 0 aliphatic rings. The first-order valence-corrected chi connectivity index (χ1v) is 4.07. The highest BCUT2D eigenvalue weighted by Crippen LogP contribution is 1.97. The number of rotatable bonds is 4. The van der Waals surface area contributed by atoms with Crippen molar-refractivity contribution in [3.05, 3.63) is 29.8 Å². The minimum atomic E-state index is 0.622. The van der Waals surface area contributed by atoms with Gasteiger partial charge in [-0.25, -0.2) is 4.98 Å². The molecule has 66 valence electrons. The fraction of sp³-hybridized carbons (Fsp3) is 0.375. The van der Waals surface area contributed by atoms with Gasteiger partial charge in [0.25, 0.3) is 0 Å². The van der Waals surface area contributed by atoms with Crippen LogP contribution in [0, 0.1) is 0 Å². The SMILES string of the molecule is C=C(Cl)CNCc1cncn1C. The molecule has 1 heterocycles. The molecule has 0 saturated heterocycles. The molecule has 3 nitrogen and oxygen atoms in total. The van der Waals surface area contributed by atoms with Gasteiger partial charge in [-0.3, -0.25) is 0 Å². The highest BCUT2D eigenvalue weighted by atomic mass is 35.5. The van der Waals surface area contributed by atoms with E-state index in [1.807, 2.05) is 17.8 Å². The van der Waals surface area contributed by atoms with Gasteiger partial charge in [0.15, 0.2) is 0 Å². The molecule has 0 amide bonds. The molecule has 1 aromatic rings. The number of aryl methyl sites for hydroxylation is 1. The highest BCUT2D eigenvalue weighted by Gasteiger charge is 1.96. The number of nitrogens with one attached hydrogen (secondary N) is 1. The first kappa shape index (κ1) is 9.29. The van der Waals surface area contributed by atoms with Crippen LogP contribution in [0.1, 0.15) is 5.69 Å². The summed E-state index contributed by atoms with van der Waals surface area (Å²) in [6.07, 6.45) is 3.59. The minimum Gasteiger partial charge on any atom is -0.337 e. The van der Waals surface area contributed by atoms with E-state index in [0.717, 1.165) is 12.2 Å². The van der Waals surface area contributed by atoms with E-state index in [0.29, 0.717) is 11.6 Å². The molecule has 0 aliphatic carbocycles. The quantitative estimate of drug-likeness (QED) is 0.766. The van der Waals surface area contributed by atoms with Crippen molar-refractivity contribution in [3.8, 4) is 0 Å². The Morgan fingerprint density at radius 2 is 2.58 bits per heavy atom. The van der Waals surface area contributed by atoms with Crippen LogP contribution in [0.2, 0.25) is 0 Å². The number of hydrogen-bond acceptors (Lipinski definition) is 2. The van der Waals surface area contributed by atoms with Crippen LogP contribution in [-0.4, -0.2) is 16.1 Å². The number of imidazole rings is 1. The van der Waals surface area contributed by atoms with Crippen molar-refractivity contribution in [2.24, 2.45) is 7.05 Å². The Morgan fingerprint density at radius 3 is 3.08 bits per heavy atom. The summed E-state index contributed by atoms with van der Waals surface area (Å²) in [5, 5.41) is 3.76. The average molecular weight is 186 g/mol. The topological polar surface area (TPSA) is 29.9 Å². The lowest BCUT2D eigenvalue weighted by Gasteiger charge is -2.03. The van der Waals surface area contributed by atoms with Crippen LogP contribution in [0.3, 0.4) is 0 Å². The van der Waals surface area contributed by atoms with Gasteiger partial charge in [0.05, 0.1) is 12.0 Å². The van der Waals surface area contributed by atoms with Gasteiger partial charge in [-0.15, -0.1) is 0 Å². The lowest BCUT2D eigenvalue weighted by Crippen LogP contribution is -2.16. The normalized spacial score (nSPS) is 10.2. The zero-order valence-corrected chi connectivity index (χ0v) is 7.80. The summed E-state index contributed by atoms with van der Waals surface area (Å²) in [7, 11) is 1.96. The van der Waals surface area contributed by atoms with Gasteiger partial charge in [0, 0.05) is 31.4 Å². The number of aromatic nitrogens is 2. The molecule has 0 aliphatic heterocycles. The van der Waals surface area contributed by atoms with Crippen LogP contribution >= 0.6 is 11.6 Å². The molecule has 0 aromatic carbocycles. The van der Waals surface area contributed by atoms with Crippen molar-refractivity contribution in [1.82, 2.24) is 14.9 Å². The van der Waals surface area contributed by atoms with Crippen molar-refractivity contribution in [3.63, 3.8) is 0 Å². The Balaban J connectivity index is 2.33. The number of nitrogens with zero attached hydrogens (tertiary/aromatic N) is 2. The molecule has 0 radical (unpaired) electrons. The molecule has 12 heavy (non-hydrogen) atoms. The fourth-order valence-corrected chi connectivity index (χ4v) is 0.976. The van der Waals surface area contributed by atoms with Crippen molar-refractivity contribution in [2.75, 3.05) is 6.54 Å². The largest absolute Gasteiger partial charge is 0.337 e. The van der Waals surface area contributed by atoms with E-state index < -0.39 is 0 Å². The van der Waals surface area contributed by atoms with Gasteiger partial charge in [-0.1, -0.05) is 18.2 Å². The van der Waals surface area contributed by atoms with Crippen molar-refractivity contribution >= 4 is 11.6 Å². The number of halogens is 1. The zero-order valence-electron chi connectivity index (χ0n) is 7.05. The van der Waals surface area contributed by atoms with Crippen molar-refractivity contribution < 1.29 is 0 Å². The molecule has 4 heteroatoms. The van der Waals surface area contributed by atoms with E-state index >= 15 is 0 Å². The molecule has 1 rings (SSSR count). The third-order valence-corrected chi connectivity index (χ3v) is 1.67. The van der Waals surface area contributed by atoms with E-state index in [1.54, 1.807) is 6.33 Å². The van der Waals surface area contributed by atoms with Gasteiger partial charge in [-0.2, -0.15) is 0 Å². The molecule has 0 atom stereocenters. The van der Waals surface area contributed by atoms with Crippen LogP contribution in [0.25, 0.3) is 0 Å². The summed E-state index contributed by atoms with van der Waals surface area (Å²) >= 11 is 5.58. The zero-order chi connectivity index (χ0) is 8.97. The number of hydrogen-bond donors (Lipinski definition) is 1. The smallest absolute Gasteiger partial charge is 0.0945 e. The molecule has 0 saturated carbocycles. The molecule has 0 fully saturated rings. The van der Waals surface area contributed by atoms with Crippen molar-refractivity contribution in [1.29, 1.82) is 0 Å². The van der Waals surface area contributed by atoms with E-state index in [4.69, 9.17) is 11.6 Å². The Kier molecular flexibility index (Phi) is 3.31. The summed E-state index contributed by atoms with van der Waals surface area (Å²) in [5.41, 5.74) is 1.13. The fourth-order valence-electron chi connectivity index (χ4n) is 0.881. The predicted octanol–water partition coefficient (Wildman–Crippen LogP) is 1.26. The minimum absolute atomic E-state index is 0.622. The third kappa shape index (κ3) is 2.68. The van der Waals surface area contributed by atoms with Gasteiger partial charge in [0.2, 0.25) is 0 Å². The second kappa shape index (κ2) is 4.28. The summed E-state index contributed by atoms with van der Waals surface area (Å²) in [6, 6.07) is 0. The standard InChI is InChI=1S/C8H12ClN3/c1-7(9)3-10-4-8-5-11-6-12(8)2/h5-6,10H,1,3-4H2,2H3. The average Bonchev–Trinajstić information content (AvgIpc) is 2.36. The molecule has 0 bridgehead atoms. The first-order valence-electron chi connectivity index (χ1n) is 3.69. The van der Waals surface area contributed by atoms with E-state index in [9.17, 15) is 0 Å². The van der Waals surface area contributed by atoms with Gasteiger partial charge in [-0.05, 0) is 0 Å². The van der Waals surface area contributed by atoms with Crippen LogP contribution in [0.5, 0.6) is 0 Å². The van der Waals surface area contributed by atoms with Crippen LogP contribution in [0.4, 0.5) is 0 Å². The maximum atomic E-state index is 5.58. The van der Waals surface area contributed by atoms with Crippen molar-refractivity contribution in [2.45, 2.75) is 6.54 Å². The van der Waals surface area contributed by atoms with E-state index in [-0.39, 0.29) is 0 Å². The third-order valence-electron chi connectivity index (χ3n) is 1.54. The molecular weight excluding hydrogens is 174 g/mol. The molecule has 0 spiro atoms. The molecule has 1 N–H and O–H groups in total. The second-order valence-corrected chi connectivity index (χ2v) is 3.15. The summed E-state index contributed by atoms with van der Waals surface area (Å²) in [6.45, 7) is 4.97. The Labute approximate surface area is 77.1 Å². The van der Waals surface area contributed by atoms with Crippen LogP contribution in [0.15, 0.2) is 24.1 Å². The molecular formula is C8H12ClN3. The molecule has 0 unspecified atom stereocenters.